The van der Waals surface area contributed by atoms with E-state index in [1.54, 1.807) is 0 Å². The molecule has 1 saturated heterocycles. The van der Waals surface area contributed by atoms with Crippen LogP contribution in [0.25, 0.3) is 22.3 Å². The molecule has 37 heavy (non-hydrogen) atoms. The molecular weight excluding hydrogens is 485 g/mol. The molecule has 3 aromatic rings. The minimum Gasteiger partial charge on any atom is -0.351 e. The number of likely N-dealkylation sites (tertiary alicyclic amines) is 1. The molecule has 0 unspecified atom stereocenters. The van der Waals surface area contributed by atoms with E-state index in [-0.39, 0.29) is 52.0 Å². The van der Waals surface area contributed by atoms with Crippen molar-refractivity contribution in [3.8, 4) is 17.3 Å². The van der Waals surface area contributed by atoms with Crippen LogP contribution in [-0.4, -0.2) is 55.9 Å². The van der Waals surface area contributed by atoms with E-state index in [0.29, 0.717) is 18.7 Å². The number of pyridine rings is 1. The quantitative estimate of drug-likeness (QED) is 0.453. The van der Waals surface area contributed by atoms with Gasteiger partial charge in [0.2, 0.25) is 11.9 Å². The van der Waals surface area contributed by atoms with Crippen LogP contribution in [0.2, 0.25) is 0 Å². The number of halogens is 3. The van der Waals surface area contributed by atoms with E-state index in [0.717, 1.165) is 25.1 Å². The number of nitrogens with zero attached hydrogens (tertiary/aromatic N) is 5. The number of aromatic amines is 1. The highest BCUT2D eigenvalue weighted by molar-refractivity contribution is 5.94. The number of aromatic nitrogens is 4. The van der Waals surface area contributed by atoms with E-state index in [9.17, 15) is 23.2 Å². The number of nitriles is 1. The third-order valence-electron chi connectivity index (χ3n) is 6.94. The Bertz CT molecular complexity index is 1320. The van der Waals surface area contributed by atoms with Gasteiger partial charge in [-0.3, -0.25) is 4.79 Å². The summed E-state index contributed by atoms with van der Waals surface area (Å²) in [6.07, 6.45) is 0.610. The lowest BCUT2D eigenvalue weighted by Crippen LogP contribution is -2.50. The van der Waals surface area contributed by atoms with E-state index in [4.69, 9.17) is 5.73 Å². The Morgan fingerprint density at radius 3 is 2.57 bits per heavy atom. The molecule has 3 aromatic heterocycles. The molecule has 0 aromatic carbocycles. The van der Waals surface area contributed by atoms with Crippen molar-refractivity contribution in [2.75, 3.05) is 18.4 Å². The van der Waals surface area contributed by atoms with Crippen molar-refractivity contribution in [2.45, 2.75) is 51.9 Å². The third-order valence-corrected chi connectivity index (χ3v) is 6.94. The van der Waals surface area contributed by atoms with Crippen LogP contribution in [0.3, 0.4) is 0 Å². The second-order valence-corrected chi connectivity index (χ2v) is 9.75. The summed E-state index contributed by atoms with van der Waals surface area (Å²) in [5.74, 6) is 0.544. The Hall–Kier alpha value is -3.72. The Kier molecular flexibility index (Phi) is 7.36. The molecule has 0 aliphatic carbocycles. The molecule has 4 heterocycles. The smallest absolute Gasteiger partial charge is 0.351 e. The minimum absolute atomic E-state index is 0.0315. The summed E-state index contributed by atoms with van der Waals surface area (Å²) >= 11 is 0. The number of hydrogen-bond acceptors (Lipinski definition) is 7. The van der Waals surface area contributed by atoms with Gasteiger partial charge in [0.15, 0.2) is 0 Å². The van der Waals surface area contributed by atoms with Crippen LogP contribution in [0.15, 0.2) is 24.7 Å². The molecule has 0 radical (unpaired) electrons. The van der Waals surface area contributed by atoms with Gasteiger partial charge in [-0.15, -0.1) is 0 Å². The van der Waals surface area contributed by atoms with Crippen LogP contribution in [0, 0.1) is 23.2 Å². The average Bonchev–Trinajstić information content (AvgIpc) is 3.30. The largest absolute Gasteiger partial charge is 0.417 e. The lowest BCUT2D eigenvalue weighted by molar-refractivity contribution is -0.137. The molecule has 1 fully saturated rings. The van der Waals surface area contributed by atoms with E-state index in [1.807, 2.05) is 31.7 Å². The van der Waals surface area contributed by atoms with Gasteiger partial charge in [-0.05, 0) is 37.7 Å². The lowest BCUT2D eigenvalue weighted by atomic mass is 9.89. The number of amides is 1. The first-order valence-electron chi connectivity index (χ1n) is 12.1. The maximum absolute atomic E-state index is 13.3. The normalized spacial score (nSPS) is 16.6. The van der Waals surface area contributed by atoms with Crippen LogP contribution in [0.4, 0.5) is 19.1 Å². The van der Waals surface area contributed by atoms with Gasteiger partial charge in [0.1, 0.15) is 11.7 Å². The molecule has 1 amide bonds. The second kappa shape index (κ2) is 10.3. The van der Waals surface area contributed by atoms with Gasteiger partial charge >= 0.3 is 6.18 Å². The Morgan fingerprint density at radius 2 is 1.95 bits per heavy atom. The van der Waals surface area contributed by atoms with Gasteiger partial charge in [-0.1, -0.05) is 13.8 Å². The summed E-state index contributed by atoms with van der Waals surface area (Å²) in [5, 5.41) is 13.1. The molecule has 9 nitrogen and oxygen atoms in total. The Balaban J connectivity index is 1.52. The van der Waals surface area contributed by atoms with E-state index < -0.39 is 17.8 Å². The van der Waals surface area contributed by atoms with Crippen molar-refractivity contribution in [1.82, 2.24) is 24.8 Å². The topological polar surface area (TPSA) is 137 Å². The molecular formula is C25H29F3N8O. The molecule has 0 bridgehead atoms. The maximum Gasteiger partial charge on any atom is 0.417 e. The van der Waals surface area contributed by atoms with Crippen LogP contribution >= 0.6 is 0 Å². The molecule has 1 aliphatic heterocycles. The van der Waals surface area contributed by atoms with Crippen molar-refractivity contribution in [1.29, 1.82) is 5.26 Å². The molecule has 1 aliphatic rings. The second-order valence-electron chi connectivity index (χ2n) is 9.75. The number of carbonyl (C=O) groups excluding carboxylic acids is 1. The minimum atomic E-state index is -4.55. The van der Waals surface area contributed by atoms with Gasteiger partial charge in [0.05, 0.1) is 29.1 Å². The van der Waals surface area contributed by atoms with Gasteiger partial charge in [-0.25, -0.2) is 15.0 Å². The van der Waals surface area contributed by atoms with E-state index in [2.05, 4.69) is 25.3 Å². The standard InChI is InChI=1S/C25H29F3N8O/c1-13(2)20(30)23(37)36-6-4-15(5-7-36)14(3)34-24-33-10-16(9-29)21(35-24)19-12-32-22-18(19)8-17(11-31-22)25(26,27)28/h8,10-15,20H,4-7,30H2,1-3H3,(H,31,32)(H,33,34,35)/t14-,20-/m1/s1. The number of anilines is 1. The number of hydrogen-bond donors (Lipinski definition) is 3. The molecule has 2 atom stereocenters. The summed E-state index contributed by atoms with van der Waals surface area (Å²) < 4.78 is 39.8. The van der Waals surface area contributed by atoms with E-state index in [1.165, 1.54) is 12.4 Å². The molecule has 12 heteroatoms. The van der Waals surface area contributed by atoms with Gasteiger partial charge in [0.25, 0.3) is 0 Å². The Labute approximate surface area is 212 Å². The first kappa shape index (κ1) is 26.3. The zero-order chi connectivity index (χ0) is 26.9. The Morgan fingerprint density at radius 1 is 1.24 bits per heavy atom. The zero-order valence-corrected chi connectivity index (χ0v) is 20.8. The van der Waals surface area contributed by atoms with Gasteiger partial charge in [0, 0.05) is 42.5 Å². The number of carbonyl (C=O) groups is 1. The van der Waals surface area contributed by atoms with Gasteiger partial charge < -0.3 is 20.9 Å². The zero-order valence-electron chi connectivity index (χ0n) is 20.8. The van der Waals surface area contributed by atoms with Crippen molar-refractivity contribution in [3.05, 3.63) is 35.8 Å². The fourth-order valence-electron chi connectivity index (χ4n) is 4.53. The maximum atomic E-state index is 13.3. The van der Waals surface area contributed by atoms with Crippen LogP contribution in [0.5, 0.6) is 0 Å². The molecule has 0 spiro atoms. The number of nitrogens with one attached hydrogen (secondary N) is 2. The number of nitrogens with two attached hydrogens (primary N) is 1. The van der Waals surface area contributed by atoms with Crippen molar-refractivity contribution < 1.29 is 18.0 Å². The number of piperidine rings is 1. The number of rotatable bonds is 6. The SMILES string of the molecule is CC(C)[C@@H](N)C(=O)N1CCC([C@@H](C)Nc2ncc(C#N)c(-c3c[nH]c4ncc(C(F)(F)F)cc34)n2)CC1. The predicted molar refractivity (Wildman–Crippen MR) is 132 cm³/mol. The van der Waals surface area contributed by atoms with Crippen molar-refractivity contribution in [3.63, 3.8) is 0 Å². The summed E-state index contributed by atoms with van der Waals surface area (Å²) in [4.78, 5) is 29.8. The summed E-state index contributed by atoms with van der Waals surface area (Å²) in [5.41, 5.74) is 6.06. The predicted octanol–water partition coefficient (Wildman–Crippen LogP) is 3.93. The number of H-pyrrole nitrogens is 1. The highest BCUT2D eigenvalue weighted by atomic mass is 19.4. The molecule has 0 saturated carbocycles. The van der Waals surface area contributed by atoms with Gasteiger partial charge in [-0.2, -0.15) is 18.4 Å². The average molecular weight is 515 g/mol. The van der Waals surface area contributed by atoms with Crippen LogP contribution in [-0.2, 0) is 11.0 Å². The van der Waals surface area contributed by atoms with Crippen LogP contribution in [0.1, 0.15) is 44.7 Å². The summed E-state index contributed by atoms with van der Waals surface area (Å²) in [7, 11) is 0. The molecule has 196 valence electrons. The van der Waals surface area contributed by atoms with Crippen LogP contribution < -0.4 is 11.1 Å². The summed E-state index contributed by atoms with van der Waals surface area (Å²) in [6, 6.07) is 2.45. The highest BCUT2D eigenvalue weighted by Gasteiger charge is 2.32. The van der Waals surface area contributed by atoms with Crippen molar-refractivity contribution in [2.24, 2.45) is 17.6 Å². The first-order chi connectivity index (χ1) is 17.5. The molecule has 4 rings (SSSR count). The highest BCUT2D eigenvalue weighted by Crippen LogP contribution is 2.35. The summed E-state index contributed by atoms with van der Waals surface area (Å²) in [6.45, 7) is 7.07. The third kappa shape index (κ3) is 5.51. The van der Waals surface area contributed by atoms with E-state index >= 15 is 0 Å². The van der Waals surface area contributed by atoms with Crippen molar-refractivity contribution >= 4 is 22.9 Å². The monoisotopic (exact) mass is 514 g/mol. The lowest BCUT2D eigenvalue weighted by Gasteiger charge is -2.36. The molecule has 4 N–H and O–H groups in total. The fraction of sp³-hybridized carbons (Fsp3) is 0.480. The number of fused-ring (bicyclic) bond motifs is 1. The number of alkyl halides is 3. The first-order valence-corrected chi connectivity index (χ1v) is 12.1. The fourth-order valence-corrected chi connectivity index (χ4v) is 4.53.